The number of carbonyl (C=O) groups excluding carboxylic acids is 1. The SMILES string of the molecule is N#CC1(C(=O)N2CCC3(CC2)OCCO3)CCCC1. The van der Waals surface area contributed by atoms with Crippen molar-refractivity contribution >= 4 is 5.91 Å². The summed E-state index contributed by atoms with van der Waals surface area (Å²) in [4.78, 5) is 14.4. The summed E-state index contributed by atoms with van der Waals surface area (Å²) in [7, 11) is 0. The molecule has 1 amide bonds. The summed E-state index contributed by atoms with van der Waals surface area (Å²) in [6.45, 7) is 2.58. The average molecular weight is 264 g/mol. The third-order valence-electron chi connectivity index (χ3n) is 4.71. The Morgan fingerprint density at radius 2 is 1.63 bits per heavy atom. The molecule has 0 aromatic heterocycles. The standard InChI is InChI=1S/C14H20N2O3/c15-11-13(3-1-2-4-13)12(17)16-7-5-14(6-8-16)18-9-10-19-14/h1-10H2. The van der Waals surface area contributed by atoms with E-state index in [-0.39, 0.29) is 5.91 Å². The molecule has 5 heteroatoms. The highest BCUT2D eigenvalue weighted by Gasteiger charge is 2.47. The quantitative estimate of drug-likeness (QED) is 0.719. The maximum Gasteiger partial charge on any atom is 0.243 e. The molecule has 3 aliphatic rings. The number of hydrogen-bond acceptors (Lipinski definition) is 4. The Bertz CT molecular complexity index is 393. The van der Waals surface area contributed by atoms with Gasteiger partial charge in [-0.05, 0) is 12.8 Å². The summed E-state index contributed by atoms with van der Waals surface area (Å²) in [6, 6.07) is 2.28. The minimum Gasteiger partial charge on any atom is -0.347 e. The van der Waals surface area contributed by atoms with Crippen LogP contribution < -0.4 is 0 Å². The second-order valence-electron chi connectivity index (χ2n) is 5.80. The highest BCUT2D eigenvalue weighted by Crippen LogP contribution is 2.40. The monoisotopic (exact) mass is 264 g/mol. The van der Waals surface area contributed by atoms with E-state index < -0.39 is 11.2 Å². The first kappa shape index (κ1) is 12.9. The summed E-state index contributed by atoms with van der Waals surface area (Å²) in [6.07, 6.45) is 4.86. The maximum absolute atomic E-state index is 12.6. The number of rotatable bonds is 1. The van der Waals surface area contributed by atoms with E-state index in [1.54, 1.807) is 0 Å². The van der Waals surface area contributed by atoms with Gasteiger partial charge in [-0.15, -0.1) is 0 Å². The van der Waals surface area contributed by atoms with Gasteiger partial charge in [0.05, 0.1) is 19.3 Å². The lowest BCUT2D eigenvalue weighted by atomic mass is 9.85. The molecule has 3 fully saturated rings. The highest BCUT2D eigenvalue weighted by molar-refractivity contribution is 5.85. The van der Waals surface area contributed by atoms with E-state index in [1.165, 1.54) is 0 Å². The Kier molecular flexibility index (Phi) is 3.23. The van der Waals surface area contributed by atoms with E-state index >= 15 is 0 Å². The topological polar surface area (TPSA) is 62.6 Å². The lowest BCUT2D eigenvalue weighted by Gasteiger charge is -2.39. The van der Waals surface area contributed by atoms with E-state index in [4.69, 9.17) is 9.47 Å². The number of nitrogens with zero attached hydrogens (tertiary/aromatic N) is 2. The van der Waals surface area contributed by atoms with Gasteiger partial charge in [0.2, 0.25) is 5.91 Å². The Balaban J connectivity index is 1.65. The van der Waals surface area contributed by atoms with Gasteiger partial charge in [0.15, 0.2) is 5.79 Å². The molecule has 1 saturated carbocycles. The fourth-order valence-corrected chi connectivity index (χ4v) is 3.49. The second-order valence-corrected chi connectivity index (χ2v) is 5.80. The molecule has 0 bridgehead atoms. The average Bonchev–Trinajstić information content (AvgIpc) is 3.09. The van der Waals surface area contributed by atoms with Crippen molar-refractivity contribution in [2.24, 2.45) is 5.41 Å². The third kappa shape index (κ3) is 2.13. The minimum atomic E-state index is -0.748. The Morgan fingerprint density at radius 1 is 1.05 bits per heavy atom. The Labute approximate surface area is 113 Å². The van der Waals surface area contributed by atoms with Crippen LogP contribution in [0.1, 0.15) is 38.5 Å². The number of hydrogen-bond donors (Lipinski definition) is 0. The van der Waals surface area contributed by atoms with Crippen molar-refractivity contribution in [2.45, 2.75) is 44.3 Å². The van der Waals surface area contributed by atoms with Crippen molar-refractivity contribution in [1.82, 2.24) is 4.90 Å². The number of ether oxygens (including phenoxy) is 2. The summed E-state index contributed by atoms with van der Waals surface area (Å²) < 4.78 is 11.3. The van der Waals surface area contributed by atoms with Gasteiger partial charge in [0, 0.05) is 25.9 Å². The molecule has 19 heavy (non-hydrogen) atoms. The van der Waals surface area contributed by atoms with Gasteiger partial charge >= 0.3 is 0 Å². The summed E-state index contributed by atoms with van der Waals surface area (Å²) >= 11 is 0. The zero-order chi connectivity index (χ0) is 13.3. The van der Waals surface area contributed by atoms with Crippen LogP contribution in [0.25, 0.3) is 0 Å². The van der Waals surface area contributed by atoms with E-state index in [0.29, 0.717) is 26.3 Å². The fraction of sp³-hybridized carbons (Fsp3) is 0.857. The molecule has 1 spiro atoms. The smallest absolute Gasteiger partial charge is 0.243 e. The van der Waals surface area contributed by atoms with Gasteiger partial charge in [-0.25, -0.2) is 0 Å². The first-order valence-electron chi connectivity index (χ1n) is 7.18. The van der Waals surface area contributed by atoms with Gasteiger partial charge in [-0.1, -0.05) is 12.8 Å². The Hall–Kier alpha value is -1.12. The van der Waals surface area contributed by atoms with Gasteiger partial charge < -0.3 is 14.4 Å². The maximum atomic E-state index is 12.6. The molecule has 2 heterocycles. The lowest BCUT2D eigenvalue weighted by molar-refractivity contribution is -0.189. The van der Waals surface area contributed by atoms with Crippen molar-refractivity contribution in [1.29, 1.82) is 5.26 Å². The molecule has 5 nitrogen and oxygen atoms in total. The van der Waals surface area contributed by atoms with E-state index in [2.05, 4.69) is 6.07 Å². The molecule has 0 aromatic carbocycles. The van der Waals surface area contributed by atoms with Crippen LogP contribution in [0.5, 0.6) is 0 Å². The van der Waals surface area contributed by atoms with E-state index in [1.807, 2.05) is 4.90 Å². The molecule has 104 valence electrons. The molecule has 0 unspecified atom stereocenters. The first-order chi connectivity index (χ1) is 9.20. The molecular formula is C14H20N2O3. The van der Waals surface area contributed by atoms with Crippen molar-refractivity contribution in [3.8, 4) is 6.07 Å². The predicted octanol–water partition coefficient (Wildman–Crippen LogP) is 1.44. The fourth-order valence-electron chi connectivity index (χ4n) is 3.49. The molecular weight excluding hydrogens is 244 g/mol. The van der Waals surface area contributed by atoms with Crippen LogP contribution in [0.15, 0.2) is 0 Å². The van der Waals surface area contributed by atoms with E-state index in [9.17, 15) is 10.1 Å². The zero-order valence-corrected chi connectivity index (χ0v) is 11.2. The first-order valence-corrected chi connectivity index (χ1v) is 7.18. The van der Waals surface area contributed by atoms with Crippen LogP contribution in [0.4, 0.5) is 0 Å². The lowest BCUT2D eigenvalue weighted by Crippen LogP contribution is -2.51. The molecule has 0 radical (unpaired) electrons. The summed E-state index contributed by atoms with van der Waals surface area (Å²) in [5.41, 5.74) is -0.748. The minimum absolute atomic E-state index is 0.0281. The van der Waals surface area contributed by atoms with Gasteiger partial charge in [0.25, 0.3) is 0 Å². The van der Waals surface area contributed by atoms with Crippen molar-refractivity contribution in [3.05, 3.63) is 0 Å². The van der Waals surface area contributed by atoms with Crippen LogP contribution in [0.3, 0.4) is 0 Å². The molecule has 0 atom stereocenters. The van der Waals surface area contributed by atoms with Crippen LogP contribution in [-0.2, 0) is 14.3 Å². The molecule has 0 aromatic rings. The summed E-state index contributed by atoms with van der Waals surface area (Å²) in [5.74, 6) is -0.424. The zero-order valence-electron chi connectivity index (χ0n) is 11.2. The van der Waals surface area contributed by atoms with Crippen molar-refractivity contribution in [2.75, 3.05) is 26.3 Å². The van der Waals surface area contributed by atoms with E-state index in [0.717, 1.165) is 38.5 Å². The number of nitriles is 1. The van der Waals surface area contributed by atoms with Crippen LogP contribution in [0.2, 0.25) is 0 Å². The number of piperidine rings is 1. The molecule has 2 saturated heterocycles. The van der Waals surface area contributed by atoms with Gasteiger partial charge in [-0.2, -0.15) is 5.26 Å². The van der Waals surface area contributed by atoms with Crippen molar-refractivity contribution < 1.29 is 14.3 Å². The van der Waals surface area contributed by atoms with Crippen molar-refractivity contribution in [3.63, 3.8) is 0 Å². The third-order valence-corrected chi connectivity index (χ3v) is 4.71. The molecule has 3 rings (SSSR count). The normalized spacial score (nSPS) is 28.5. The number of amides is 1. The van der Waals surface area contributed by atoms with Crippen LogP contribution >= 0.6 is 0 Å². The van der Waals surface area contributed by atoms with Gasteiger partial charge in [-0.3, -0.25) is 4.79 Å². The van der Waals surface area contributed by atoms with Gasteiger partial charge in [0.1, 0.15) is 5.41 Å². The summed E-state index contributed by atoms with van der Waals surface area (Å²) in [5, 5.41) is 9.38. The predicted molar refractivity (Wildman–Crippen MR) is 67.0 cm³/mol. The largest absolute Gasteiger partial charge is 0.347 e. The molecule has 0 N–H and O–H groups in total. The molecule has 1 aliphatic carbocycles. The second kappa shape index (κ2) is 4.77. The number of likely N-dealkylation sites (tertiary alicyclic amines) is 1. The highest BCUT2D eigenvalue weighted by atomic mass is 16.7. The molecule has 2 aliphatic heterocycles. The van der Waals surface area contributed by atoms with Crippen LogP contribution in [0, 0.1) is 16.7 Å². The Morgan fingerprint density at radius 3 is 2.16 bits per heavy atom. The number of carbonyl (C=O) groups is 1. The van der Waals surface area contributed by atoms with Crippen LogP contribution in [-0.4, -0.2) is 42.9 Å².